The number of rotatable bonds is 5. The fraction of sp³-hybridized carbons (Fsp3) is 0.632. The fourth-order valence-corrected chi connectivity index (χ4v) is 3.43. The average molecular weight is 379 g/mol. The summed E-state index contributed by atoms with van der Waals surface area (Å²) in [5, 5.41) is 23.5. The third-order valence-electron chi connectivity index (χ3n) is 5.41. The highest BCUT2D eigenvalue weighted by Gasteiger charge is 2.42. The van der Waals surface area contributed by atoms with Gasteiger partial charge in [0.25, 0.3) is 5.91 Å². The van der Waals surface area contributed by atoms with Gasteiger partial charge in [0.2, 0.25) is 6.54 Å². The molecule has 0 bridgehead atoms. The van der Waals surface area contributed by atoms with Crippen molar-refractivity contribution in [2.24, 2.45) is 11.8 Å². The van der Waals surface area contributed by atoms with Gasteiger partial charge >= 0.3 is 0 Å². The van der Waals surface area contributed by atoms with Gasteiger partial charge in [0.05, 0.1) is 12.1 Å². The number of methoxy groups -OCH3 is 1. The Morgan fingerprint density at radius 1 is 1.37 bits per heavy atom. The molecule has 8 nitrogen and oxygen atoms in total. The number of carbonyl (C=O) groups excluding carboxylic acids is 1. The van der Waals surface area contributed by atoms with E-state index in [0.717, 1.165) is 18.7 Å². The predicted octanol–water partition coefficient (Wildman–Crippen LogP) is 1.68. The second-order valence-corrected chi connectivity index (χ2v) is 7.31. The van der Waals surface area contributed by atoms with Gasteiger partial charge in [-0.2, -0.15) is 0 Å². The Labute approximate surface area is 159 Å². The van der Waals surface area contributed by atoms with Crippen molar-refractivity contribution in [1.82, 2.24) is 10.2 Å². The van der Waals surface area contributed by atoms with E-state index in [1.807, 2.05) is 25.1 Å². The van der Waals surface area contributed by atoms with E-state index in [-0.39, 0.29) is 35.4 Å². The third kappa shape index (κ3) is 4.82. The van der Waals surface area contributed by atoms with Gasteiger partial charge in [-0.3, -0.25) is 14.9 Å². The van der Waals surface area contributed by atoms with E-state index in [1.54, 1.807) is 25.0 Å². The van der Waals surface area contributed by atoms with Gasteiger partial charge in [-0.25, -0.2) is 0 Å². The number of nitrogens with zero attached hydrogens (tertiary/aromatic N) is 2. The van der Waals surface area contributed by atoms with Crippen molar-refractivity contribution in [2.75, 3.05) is 26.7 Å². The number of aliphatic hydroxyl groups excluding tert-OH is 1. The van der Waals surface area contributed by atoms with E-state index in [0.29, 0.717) is 11.5 Å². The Morgan fingerprint density at radius 3 is 2.56 bits per heavy atom. The van der Waals surface area contributed by atoms with Gasteiger partial charge < -0.3 is 20.1 Å². The van der Waals surface area contributed by atoms with Crippen molar-refractivity contribution in [3.63, 3.8) is 0 Å². The van der Waals surface area contributed by atoms with E-state index < -0.39 is 6.23 Å². The van der Waals surface area contributed by atoms with E-state index >= 15 is 0 Å². The van der Waals surface area contributed by atoms with Gasteiger partial charge in [0, 0.05) is 35.6 Å². The van der Waals surface area contributed by atoms with Crippen LogP contribution in [0.5, 0.6) is 0 Å². The molecule has 0 aliphatic carbocycles. The molecular weight excluding hydrogens is 350 g/mol. The molecule has 1 aromatic rings. The minimum absolute atomic E-state index is 0.0139. The number of aliphatic hydroxyl groups is 1. The minimum Gasteiger partial charge on any atom is -0.381 e. The van der Waals surface area contributed by atoms with Crippen molar-refractivity contribution in [3.8, 4) is 0 Å². The first-order chi connectivity index (χ1) is 12.8. The summed E-state index contributed by atoms with van der Waals surface area (Å²) in [6, 6.07) is 7.39. The van der Waals surface area contributed by atoms with Crippen LogP contribution < -0.4 is 5.32 Å². The lowest BCUT2D eigenvalue weighted by Gasteiger charge is -2.30. The molecule has 1 amide bonds. The molecule has 1 aromatic carbocycles. The maximum Gasteiger partial charge on any atom is 0.256 e. The van der Waals surface area contributed by atoms with Crippen molar-refractivity contribution < 1.29 is 19.6 Å². The molecular formula is C19H29N3O5. The fourth-order valence-electron chi connectivity index (χ4n) is 3.43. The Bertz CT molecular complexity index is 669. The van der Waals surface area contributed by atoms with Crippen molar-refractivity contribution in [3.05, 3.63) is 45.5 Å². The lowest BCUT2D eigenvalue weighted by Crippen LogP contribution is -2.42. The number of carbonyl (C=O) groups is 1. The topological polar surface area (TPSA) is 105 Å². The molecule has 1 fully saturated rings. The van der Waals surface area contributed by atoms with E-state index in [2.05, 4.69) is 12.2 Å². The lowest BCUT2D eigenvalue weighted by atomic mass is 10.0. The molecule has 5 atom stereocenters. The molecule has 0 spiro atoms. The molecule has 2 aliphatic rings. The minimum atomic E-state index is -0.786. The van der Waals surface area contributed by atoms with Crippen LogP contribution in [0.1, 0.15) is 42.9 Å². The van der Waals surface area contributed by atoms with Gasteiger partial charge in [0.1, 0.15) is 0 Å². The van der Waals surface area contributed by atoms with Crippen LogP contribution in [0.15, 0.2) is 24.3 Å². The molecule has 0 aromatic heterocycles. The molecule has 27 heavy (non-hydrogen) atoms. The quantitative estimate of drug-likeness (QED) is 0.596. The number of nitrogens with one attached hydrogen (secondary N) is 1. The third-order valence-corrected chi connectivity index (χ3v) is 5.41. The zero-order valence-electron chi connectivity index (χ0n) is 16.3. The van der Waals surface area contributed by atoms with E-state index in [1.165, 1.54) is 0 Å². The maximum atomic E-state index is 12.3. The molecule has 1 saturated heterocycles. The first kappa shape index (κ1) is 21.3. The molecule has 150 valence electrons. The van der Waals surface area contributed by atoms with Crippen LogP contribution in [-0.4, -0.2) is 59.7 Å². The summed E-state index contributed by atoms with van der Waals surface area (Å²) in [7, 11) is 1.56. The monoisotopic (exact) mass is 379 g/mol. The van der Waals surface area contributed by atoms with Crippen LogP contribution in [0.2, 0.25) is 0 Å². The Morgan fingerprint density at radius 2 is 2.04 bits per heavy atom. The summed E-state index contributed by atoms with van der Waals surface area (Å²) in [6.07, 6.45) is -0.823. The molecule has 8 heteroatoms. The number of ether oxygens (including phenoxy) is 1. The largest absolute Gasteiger partial charge is 0.381 e. The second-order valence-electron chi connectivity index (χ2n) is 7.31. The zero-order valence-corrected chi connectivity index (χ0v) is 16.3. The molecule has 2 aliphatic heterocycles. The van der Waals surface area contributed by atoms with Gasteiger partial charge in [0.15, 0.2) is 6.23 Å². The maximum absolute atomic E-state index is 12.3. The second kappa shape index (κ2) is 9.25. The van der Waals surface area contributed by atoms with Crippen LogP contribution in [-0.2, 0) is 4.74 Å². The summed E-state index contributed by atoms with van der Waals surface area (Å²) in [5.41, 5.74) is 1.37. The predicted molar refractivity (Wildman–Crippen MR) is 101 cm³/mol. The van der Waals surface area contributed by atoms with E-state index in [4.69, 9.17) is 4.74 Å². The Balaban J connectivity index is 0.000000227. The molecule has 0 radical (unpaired) electrons. The zero-order chi connectivity index (χ0) is 20.1. The number of hydrogen-bond acceptors (Lipinski definition) is 6. The summed E-state index contributed by atoms with van der Waals surface area (Å²) >= 11 is 0. The number of hydrogen-bond donors (Lipinski definition) is 2. The highest BCUT2D eigenvalue weighted by Crippen LogP contribution is 2.35. The van der Waals surface area contributed by atoms with Crippen LogP contribution in [0, 0.1) is 22.0 Å². The standard InChI is InChI=1S/C13H16N2O2.C6H13NO3/c1-8-6-14-7-11(8)15-12(16)9-4-2-3-5-10(9)13(15)17;1-5(4-7(8)9)6(2)10-3/h2-5,8,11-12,14,16H,6-7H2,1H3;5-6H,4H2,1-3H3/t8-,11-,12?;5-,6+/m11/s1. The number of amides is 1. The van der Waals surface area contributed by atoms with Crippen LogP contribution in [0.4, 0.5) is 0 Å². The molecule has 1 unspecified atom stereocenters. The number of nitro groups is 1. The van der Waals surface area contributed by atoms with Gasteiger partial charge in [-0.1, -0.05) is 32.0 Å². The smallest absolute Gasteiger partial charge is 0.256 e. The van der Waals surface area contributed by atoms with Gasteiger partial charge in [-0.05, 0) is 25.5 Å². The average Bonchev–Trinajstić information content (AvgIpc) is 3.16. The van der Waals surface area contributed by atoms with Crippen molar-refractivity contribution in [2.45, 2.75) is 39.1 Å². The lowest BCUT2D eigenvalue weighted by molar-refractivity contribution is -0.489. The highest BCUT2D eigenvalue weighted by atomic mass is 16.6. The Kier molecular flexibility index (Phi) is 7.29. The Hall–Kier alpha value is -2.03. The molecule has 0 saturated carbocycles. The summed E-state index contributed by atoms with van der Waals surface area (Å²) in [4.78, 5) is 23.6. The van der Waals surface area contributed by atoms with E-state index in [9.17, 15) is 20.0 Å². The van der Waals surface area contributed by atoms with Crippen LogP contribution >= 0.6 is 0 Å². The van der Waals surface area contributed by atoms with Crippen LogP contribution in [0.25, 0.3) is 0 Å². The van der Waals surface area contributed by atoms with Crippen LogP contribution in [0.3, 0.4) is 0 Å². The van der Waals surface area contributed by atoms with Crippen molar-refractivity contribution >= 4 is 5.91 Å². The molecule has 2 heterocycles. The van der Waals surface area contributed by atoms with Crippen molar-refractivity contribution in [1.29, 1.82) is 0 Å². The first-order valence-corrected chi connectivity index (χ1v) is 9.22. The molecule has 2 N–H and O–H groups in total. The normalized spacial score (nSPS) is 26.2. The summed E-state index contributed by atoms with van der Waals surface area (Å²) in [5.74, 6) is 0.316. The summed E-state index contributed by atoms with van der Waals surface area (Å²) < 4.78 is 4.91. The first-order valence-electron chi connectivity index (χ1n) is 9.22. The molecule has 3 rings (SSSR count). The number of fused-ring (bicyclic) bond motifs is 1. The number of benzene rings is 1. The van der Waals surface area contributed by atoms with Gasteiger partial charge in [-0.15, -0.1) is 0 Å². The highest BCUT2D eigenvalue weighted by molar-refractivity contribution is 5.99. The SMILES string of the molecule is CO[C@@H](C)[C@H](C)C[N+](=O)[O-].C[C@@H]1CNC[C@H]1N1C(=O)c2ccccc2C1O. The summed E-state index contributed by atoms with van der Waals surface area (Å²) in [6.45, 7) is 7.38.